The number of hydrogen-bond donors (Lipinski definition) is 2. The van der Waals surface area contributed by atoms with Gasteiger partial charge in [-0.3, -0.25) is 9.59 Å². The van der Waals surface area contributed by atoms with Crippen LogP contribution in [0.25, 0.3) is 0 Å². The van der Waals surface area contributed by atoms with Crippen LogP contribution in [-0.4, -0.2) is 11.8 Å². The van der Waals surface area contributed by atoms with Gasteiger partial charge in [0.05, 0.1) is 10.6 Å². The molecule has 0 radical (unpaired) electrons. The summed E-state index contributed by atoms with van der Waals surface area (Å²) < 4.78 is 0. The molecule has 0 aliphatic rings. The Morgan fingerprint density at radius 2 is 1.50 bits per heavy atom. The number of amides is 2. The van der Waals surface area contributed by atoms with E-state index in [-0.39, 0.29) is 17.2 Å². The average Bonchev–Trinajstić information content (AvgIpc) is 2.69. The largest absolute Gasteiger partial charge is 0.322 e. The first-order valence-electron chi connectivity index (χ1n) is 9.73. The van der Waals surface area contributed by atoms with Crippen molar-refractivity contribution in [2.45, 2.75) is 33.1 Å². The van der Waals surface area contributed by atoms with E-state index in [1.54, 1.807) is 36.4 Å². The van der Waals surface area contributed by atoms with Gasteiger partial charge in [-0.1, -0.05) is 56.6 Å². The highest BCUT2D eigenvalue weighted by molar-refractivity contribution is 6.34. The number of aryl methyl sites for hydroxylation is 1. The van der Waals surface area contributed by atoms with E-state index in [1.165, 1.54) is 5.56 Å². The summed E-state index contributed by atoms with van der Waals surface area (Å²) >= 11 is 6.09. The van der Waals surface area contributed by atoms with Crippen molar-refractivity contribution in [1.29, 1.82) is 0 Å². The Morgan fingerprint density at radius 1 is 0.833 bits per heavy atom. The van der Waals surface area contributed by atoms with E-state index in [2.05, 4.69) is 31.4 Å². The number of nitrogens with one attached hydrogen (secondary N) is 2. The molecule has 0 bridgehead atoms. The van der Waals surface area contributed by atoms with E-state index >= 15 is 0 Å². The minimum Gasteiger partial charge on any atom is -0.322 e. The first-order valence-corrected chi connectivity index (χ1v) is 10.1. The summed E-state index contributed by atoms with van der Waals surface area (Å²) in [5, 5.41) is 6.17. The predicted molar refractivity (Wildman–Crippen MR) is 124 cm³/mol. The molecule has 0 heterocycles. The second-order valence-electron chi connectivity index (χ2n) is 8.25. The fourth-order valence-electron chi connectivity index (χ4n) is 3.04. The standard InChI is InChI=1S/C25H25ClN2O2/c1-16-15-19(27-23(29)17-9-11-18(12-10-17)25(2,3)4)13-14-22(16)28-24(30)20-7-5-6-8-21(20)26/h5-15H,1-4H3,(H,27,29)(H,28,30). The highest BCUT2D eigenvalue weighted by atomic mass is 35.5. The van der Waals surface area contributed by atoms with E-state index in [0.29, 0.717) is 27.5 Å². The van der Waals surface area contributed by atoms with E-state index < -0.39 is 0 Å². The number of benzene rings is 3. The molecule has 0 spiro atoms. The van der Waals surface area contributed by atoms with Crippen molar-refractivity contribution in [3.05, 3.63) is 94.0 Å². The molecule has 2 amide bonds. The van der Waals surface area contributed by atoms with Crippen LogP contribution in [0.1, 0.15) is 52.6 Å². The van der Waals surface area contributed by atoms with Crippen molar-refractivity contribution < 1.29 is 9.59 Å². The maximum Gasteiger partial charge on any atom is 0.257 e. The van der Waals surface area contributed by atoms with Crippen LogP contribution in [-0.2, 0) is 5.41 Å². The lowest BCUT2D eigenvalue weighted by Gasteiger charge is -2.19. The lowest BCUT2D eigenvalue weighted by molar-refractivity contribution is 0.101. The van der Waals surface area contributed by atoms with Gasteiger partial charge >= 0.3 is 0 Å². The number of carbonyl (C=O) groups is 2. The molecule has 4 nitrogen and oxygen atoms in total. The monoisotopic (exact) mass is 420 g/mol. The van der Waals surface area contributed by atoms with Gasteiger partial charge in [0.1, 0.15) is 0 Å². The fraction of sp³-hybridized carbons (Fsp3) is 0.200. The van der Waals surface area contributed by atoms with Gasteiger partial charge in [-0.05, 0) is 65.9 Å². The van der Waals surface area contributed by atoms with Crippen molar-refractivity contribution in [2.75, 3.05) is 10.6 Å². The lowest BCUT2D eigenvalue weighted by Crippen LogP contribution is -2.15. The summed E-state index contributed by atoms with van der Waals surface area (Å²) in [6.07, 6.45) is 0. The van der Waals surface area contributed by atoms with Gasteiger partial charge in [-0.15, -0.1) is 0 Å². The van der Waals surface area contributed by atoms with Gasteiger partial charge in [0.25, 0.3) is 11.8 Å². The quantitative estimate of drug-likeness (QED) is 0.509. The number of carbonyl (C=O) groups excluding carboxylic acids is 2. The Morgan fingerprint density at radius 3 is 2.10 bits per heavy atom. The summed E-state index contributed by atoms with van der Waals surface area (Å²) in [6.45, 7) is 8.28. The summed E-state index contributed by atoms with van der Waals surface area (Å²) in [7, 11) is 0. The van der Waals surface area contributed by atoms with E-state index in [1.807, 2.05) is 37.3 Å². The molecule has 0 atom stereocenters. The lowest BCUT2D eigenvalue weighted by atomic mass is 9.87. The maximum atomic E-state index is 12.6. The van der Waals surface area contributed by atoms with E-state index in [4.69, 9.17) is 11.6 Å². The first kappa shape index (κ1) is 21.6. The molecule has 3 aromatic carbocycles. The SMILES string of the molecule is Cc1cc(NC(=O)c2ccc(C(C)(C)C)cc2)ccc1NC(=O)c1ccccc1Cl. The van der Waals surface area contributed by atoms with Gasteiger partial charge in [0, 0.05) is 16.9 Å². The van der Waals surface area contributed by atoms with Crippen molar-refractivity contribution in [1.82, 2.24) is 0 Å². The van der Waals surface area contributed by atoms with Crippen LogP contribution in [0, 0.1) is 6.92 Å². The molecule has 3 rings (SSSR count). The van der Waals surface area contributed by atoms with Gasteiger partial charge in [-0.2, -0.15) is 0 Å². The van der Waals surface area contributed by atoms with Crippen LogP contribution in [0.2, 0.25) is 5.02 Å². The first-order chi connectivity index (χ1) is 14.1. The van der Waals surface area contributed by atoms with Gasteiger partial charge < -0.3 is 10.6 Å². The summed E-state index contributed by atoms with van der Waals surface area (Å²) in [4.78, 5) is 25.0. The second-order valence-corrected chi connectivity index (χ2v) is 8.65. The van der Waals surface area contributed by atoms with Crippen molar-refractivity contribution in [3.8, 4) is 0 Å². The third-order valence-corrected chi connectivity index (χ3v) is 5.19. The average molecular weight is 421 g/mol. The third-order valence-electron chi connectivity index (χ3n) is 4.86. The molecule has 30 heavy (non-hydrogen) atoms. The molecular formula is C25H25ClN2O2. The molecule has 5 heteroatoms. The molecule has 3 aromatic rings. The molecule has 0 unspecified atom stereocenters. The van der Waals surface area contributed by atoms with Crippen LogP contribution in [0.4, 0.5) is 11.4 Å². The fourth-order valence-corrected chi connectivity index (χ4v) is 3.26. The third kappa shape index (κ3) is 5.08. The van der Waals surface area contributed by atoms with Crippen LogP contribution in [0.5, 0.6) is 0 Å². The molecule has 0 saturated carbocycles. The molecule has 0 aliphatic carbocycles. The number of rotatable bonds is 4. The van der Waals surface area contributed by atoms with E-state index in [9.17, 15) is 9.59 Å². The minimum absolute atomic E-state index is 0.0381. The highest BCUT2D eigenvalue weighted by Gasteiger charge is 2.15. The van der Waals surface area contributed by atoms with Crippen LogP contribution >= 0.6 is 11.6 Å². The Hall–Kier alpha value is -3.11. The highest BCUT2D eigenvalue weighted by Crippen LogP contribution is 2.24. The van der Waals surface area contributed by atoms with Gasteiger partial charge in [0.2, 0.25) is 0 Å². The Bertz CT molecular complexity index is 1080. The Kier molecular flexibility index (Phi) is 6.28. The molecular weight excluding hydrogens is 396 g/mol. The second kappa shape index (κ2) is 8.72. The molecule has 2 N–H and O–H groups in total. The molecule has 0 fully saturated rings. The Balaban J connectivity index is 1.70. The van der Waals surface area contributed by atoms with Crippen molar-refractivity contribution in [3.63, 3.8) is 0 Å². The van der Waals surface area contributed by atoms with Crippen LogP contribution in [0.3, 0.4) is 0 Å². The molecule has 154 valence electrons. The van der Waals surface area contributed by atoms with Crippen LogP contribution in [0.15, 0.2) is 66.7 Å². The predicted octanol–water partition coefficient (Wildman–Crippen LogP) is 6.45. The number of hydrogen-bond acceptors (Lipinski definition) is 2. The molecule has 0 saturated heterocycles. The van der Waals surface area contributed by atoms with Crippen molar-refractivity contribution >= 4 is 34.8 Å². The van der Waals surface area contributed by atoms with Crippen LogP contribution < -0.4 is 10.6 Å². The zero-order chi connectivity index (χ0) is 21.9. The summed E-state index contributed by atoms with van der Waals surface area (Å²) in [5.74, 6) is -0.456. The number of anilines is 2. The van der Waals surface area contributed by atoms with Crippen molar-refractivity contribution in [2.24, 2.45) is 0 Å². The molecule has 0 aromatic heterocycles. The summed E-state index contributed by atoms with van der Waals surface area (Å²) in [5.41, 5.74) is 4.37. The Labute approximate surface area is 182 Å². The maximum absolute atomic E-state index is 12.6. The zero-order valence-electron chi connectivity index (χ0n) is 17.5. The summed E-state index contributed by atoms with van der Waals surface area (Å²) in [6, 6.07) is 19.9. The molecule has 0 aliphatic heterocycles. The number of halogens is 1. The minimum atomic E-state index is -0.278. The van der Waals surface area contributed by atoms with Gasteiger partial charge in [-0.25, -0.2) is 0 Å². The normalized spacial score (nSPS) is 11.1. The zero-order valence-corrected chi connectivity index (χ0v) is 18.3. The van der Waals surface area contributed by atoms with Gasteiger partial charge in [0.15, 0.2) is 0 Å². The van der Waals surface area contributed by atoms with E-state index in [0.717, 1.165) is 5.56 Å². The smallest absolute Gasteiger partial charge is 0.257 e. The topological polar surface area (TPSA) is 58.2 Å².